The Kier molecular flexibility index (Phi) is 3.62. The van der Waals surface area contributed by atoms with Gasteiger partial charge in [0.1, 0.15) is 0 Å². The maximum absolute atomic E-state index is 12.3. The van der Waals surface area contributed by atoms with E-state index >= 15 is 0 Å². The van der Waals surface area contributed by atoms with E-state index < -0.39 is 0 Å². The van der Waals surface area contributed by atoms with Crippen molar-refractivity contribution in [3.05, 3.63) is 75.2 Å². The number of hydrogen-bond donors (Lipinski definition) is 1. The Hall–Kier alpha value is -2.33. The van der Waals surface area contributed by atoms with Crippen molar-refractivity contribution >= 4 is 17.0 Å². The molecule has 1 atom stereocenters. The van der Waals surface area contributed by atoms with Gasteiger partial charge >= 0.3 is 4.87 Å². The molecule has 0 radical (unpaired) electrons. The number of aromatic nitrogens is 1. The Morgan fingerprint density at radius 2 is 1.71 bits per heavy atom. The van der Waals surface area contributed by atoms with E-state index in [1.807, 2.05) is 71.5 Å². The third-order valence-electron chi connectivity index (χ3n) is 3.60. The van der Waals surface area contributed by atoms with Crippen LogP contribution in [0.15, 0.2) is 64.8 Å². The highest BCUT2D eigenvalue weighted by Gasteiger charge is 2.16. The highest BCUT2D eigenvalue weighted by molar-refractivity contribution is 7.07. The summed E-state index contributed by atoms with van der Waals surface area (Å²) in [5.74, 6) is 0. The van der Waals surface area contributed by atoms with Crippen molar-refractivity contribution in [2.24, 2.45) is 0 Å². The second-order valence-electron chi connectivity index (χ2n) is 4.97. The largest absolute Gasteiger partial charge is 0.399 e. The van der Waals surface area contributed by atoms with E-state index in [2.05, 4.69) is 0 Å². The third-order valence-corrected chi connectivity index (χ3v) is 4.34. The zero-order valence-electron chi connectivity index (χ0n) is 11.7. The number of hydrogen-bond acceptors (Lipinski definition) is 3. The first-order chi connectivity index (χ1) is 10.2. The molecule has 0 saturated heterocycles. The van der Waals surface area contributed by atoms with Crippen LogP contribution >= 0.6 is 11.3 Å². The molecule has 106 valence electrons. The molecule has 0 aliphatic carbocycles. The van der Waals surface area contributed by atoms with Gasteiger partial charge in [-0.1, -0.05) is 53.8 Å². The van der Waals surface area contributed by atoms with Crippen LogP contribution in [0.2, 0.25) is 0 Å². The van der Waals surface area contributed by atoms with Crippen LogP contribution in [0.5, 0.6) is 0 Å². The SMILES string of the molecule is CC(c1ccccc1)n1c(-c2ccc(N)cc2)csc1=O. The normalized spacial score (nSPS) is 12.2. The first kappa shape index (κ1) is 13.6. The van der Waals surface area contributed by atoms with Crippen molar-refractivity contribution in [3.8, 4) is 11.3 Å². The van der Waals surface area contributed by atoms with Crippen molar-refractivity contribution in [2.45, 2.75) is 13.0 Å². The van der Waals surface area contributed by atoms with Gasteiger partial charge in [0.15, 0.2) is 0 Å². The molecule has 21 heavy (non-hydrogen) atoms. The van der Waals surface area contributed by atoms with Crippen molar-refractivity contribution < 1.29 is 0 Å². The number of anilines is 1. The lowest BCUT2D eigenvalue weighted by molar-refractivity contribution is 0.636. The molecular weight excluding hydrogens is 280 g/mol. The van der Waals surface area contributed by atoms with Gasteiger partial charge in [0.25, 0.3) is 0 Å². The lowest BCUT2D eigenvalue weighted by atomic mass is 10.1. The van der Waals surface area contributed by atoms with Gasteiger partial charge in [0, 0.05) is 11.1 Å². The van der Waals surface area contributed by atoms with Crippen molar-refractivity contribution in [1.29, 1.82) is 0 Å². The van der Waals surface area contributed by atoms with Gasteiger partial charge in [-0.05, 0) is 30.2 Å². The van der Waals surface area contributed by atoms with Crippen LogP contribution in [-0.4, -0.2) is 4.57 Å². The minimum atomic E-state index is -0.00231. The Bertz CT molecular complexity index is 788. The van der Waals surface area contributed by atoms with Gasteiger partial charge < -0.3 is 5.73 Å². The van der Waals surface area contributed by atoms with Crippen molar-refractivity contribution in [1.82, 2.24) is 4.57 Å². The molecule has 0 aliphatic heterocycles. The molecule has 0 amide bonds. The topological polar surface area (TPSA) is 48.0 Å². The van der Waals surface area contributed by atoms with Gasteiger partial charge in [-0.3, -0.25) is 9.36 Å². The van der Waals surface area contributed by atoms with Crippen molar-refractivity contribution in [3.63, 3.8) is 0 Å². The molecule has 0 bridgehead atoms. The fraction of sp³-hybridized carbons (Fsp3) is 0.118. The molecule has 1 unspecified atom stereocenters. The second kappa shape index (κ2) is 5.58. The van der Waals surface area contributed by atoms with E-state index in [1.54, 1.807) is 0 Å². The number of benzene rings is 2. The molecule has 2 aromatic carbocycles. The Labute approximate surface area is 127 Å². The average Bonchev–Trinajstić information content (AvgIpc) is 2.90. The smallest absolute Gasteiger partial charge is 0.308 e. The summed E-state index contributed by atoms with van der Waals surface area (Å²) >= 11 is 1.23. The van der Waals surface area contributed by atoms with E-state index in [0.29, 0.717) is 0 Å². The van der Waals surface area contributed by atoms with E-state index in [4.69, 9.17) is 5.73 Å². The summed E-state index contributed by atoms with van der Waals surface area (Å²) < 4.78 is 1.84. The number of nitrogens with zero attached hydrogens (tertiary/aromatic N) is 1. The van der Waals surface area contributed by atoms with Crippen LogP contribution in [0.1, 0.15) is 18.5 Å². The van der Waals surface area contributed by atoms with Gasteiger partial charge in [0.2, 0.25) is 0 Å². The Balaban J connectivity index is 2.09. The quantitative estimate of drug-likeness (QED) is 0.748. The molecule has 3 nitrogen and oxygen atoms in total. The summed E-state index contributed by atoms with van der Waals surface area (Å²) in [4.78, 5) is 12.3. The zero-order valence-corrected chi connectivity index (χ0v) is 12.5. The molecule has 2 N–H and O–H groups in total. The molecular formula is C17H16N2OS. The van der Waals surface area contributed by atoms with Crippen LogP contribution in [0.4, 0.5) is 5.69 Å². The highest BCUT2D eigenvalue weighted by atomic mass is 32.1. The van der Waals surface area contributed by atoms with E-state index in [0.717, 1.165) is 22.5 Å². The summed E-state index contributed by atoms with van der Waals surface area (Å²) in [6.45, 7) is 2.05. The predicted octanol–water partition coefficient (Wildman–Crippen LogP) is 3.77. The van der Waals surface area contributed by atoms with Crippen LogP contribution in [0.3, 0.4) is 0 Å². The molecule has 4 heteroatoms. The number of rotatable bonds is 3. The summed E-state index contributed by atoms with van der Waals surface area (Å²) in [6, 6.07) is 17.7. The van der Waals surface area contributed by atoms with Gasteiger partial charge in [-0.2, -0.15) is 0 Å². The minimum Gasteiger partial charge on any atom is -0.399 e. The van der Waals surface area contributed by atoms with Gasteiger partial charge in [-0.25, -0.2) is 0 Å². The van der Waals surface area contributed by atoms with Gasteiger partial charge in [-0.15, -0.1) is 0 Å². The Morgan fingerprint density at radius 1 is 1.05 bits per heavy atom. The minimum absolute atomic E-state index is 0.00231. The first-order valence-corrected chi connectivity index (χ1v) is 7.65. The Morgan fingerprint density at radius 3 is 2.38 bits per heavy atom. The number of nitrogens with two attached hydrogens (primary N) is 1. The molecule has 0 aliphatic rings. The standard InChI is InChI=1S/C17H16N2OS/c1-12(13-5-3-2-4-6-13)19-16(11-21-17(19)20)14-7-9-15(18)10-8-14/h2-12H,18H2,1H3. The van der Waals surface area contributed by atoms with Crippen LogP contribution in [0.25, 0.3) is 11.3 Å². The molecule has 0 spiro atoms. The highest BCUT2D eigenvalue weighted by Crippen LogP contribution is 2.27. The van der Waals surface area contributed by atoms with Crippen LogP contribution in [0, 0.1) is 0 Å². The molecule has 0 fully saturated rings. The summed E-state index contributed by atoms with van der Waals surface area (Å²) in [6.07, 6.45) is 0. The summed E-state index contributed by atoms with van der Waals surface area (Å²) in [5, 5.41) is 1.91. The predicted molar refractivity (Wildman–Crippen MR) is 88.7 cm³/mol. The van der Waals surface area contributed by atoms with E-state index in [-0.39, 0.29) is 10.9 Å². The first-order valence-electron chi connectivity index (χ1n) is 6.77. The molecule has 1 heterocycles. The molecule has 0 saturated carbocycles. The zero-order chi connectivity index (χ0) is 14.8. The second-order valence-corrected chi connectivity index (χ2v) is 5.79. The maximum Gasteiger partial charge on any atom is 0.308 e. The lowest BCUT2D eigenvalue weighted by Gasteiger charge is -2.16. The lowest BCUT2D eigenvalue weighted by Crippen LogP contribution is -2.19. The van der Waals surface area contributed by atoms with E-state index in [9.17, 15) is 4.79 Å². The van der Waals surface area contributed by atoms with Gasteiger partial charge in [0.05, 0.1) is 11.7 Å². The van der Waals surface area contributed by atoms with Crippen LogP contribution < -0.4 is 10.6 Å². The summed E-state index contributed by atoms with van der Waals surface area (Å²) in [7, 11) is 0. The monoisotopic (exact) mass is 296 g/mol. The molecule has 3 rings (SSSR count). The van der Waals surface area contributed by atoms with Crippen LogP contribution in [-0.2, 0) is 0 Å². The van der Waals surface area contributed by atoms with E-state index in [1.165, 1.54) is 11.3 Å². The fourth-order valence-electron chi connectivity index (χ4n) is 2.43. The fourth-order valence-corrected chi connectivity index (χ4v) is 3.26. The molecule has 3 aromatic rings. The third kappa shape index (κ3) is 2.62. The number of thiazole rings is 1. The number of nitrogen functional groups attached to an aromatic ring is 1. The molecule has 1 aromatic heterocycles. The maximum atomic E-state index is 12.3. The van der Waals surface area contributed by atoms with Crippen molar-refractivity contribution in [2.75, 3.05) is 5.73 Å². The average molecular weight is 296 g/mol. The summed E-state index contributed by atoms with van der Waals surface area (Å²) in [5.41, 5.74) is 9.51.